The van der Waals surface area contributed by atoms with Crippen molar-refractivity contribution in [2.45, 2.75) is 56.8 Å². The lowest BCUT2D eigenvalue weighted by Crippen LogP contribution is -2.53. The number of likely N-dealkylation sites (tertiary alicyclic amines) is 2. The molecule has 1 saturated carbocycles. The highest BCUT2D eigenvalue weighted by atomic mass is 16.5. The van der Waals surface area contributed by atoms with Gasteiger partial charge in [0.15, 0.2) is 0 Å². The zero-order valence-electron chi connectivity index (χ0n) is 17.0. The number of rotatable bonds is 5. The number of allylic oxidation sites excluding steroid dienone is 1. The van der Waals surface area contributed by atoms with Crippen LogP contribution in [0.5, 0.6) is 5.75 Å². The fraction of sp³-hybridized carbons (Fsp3) is 0.652. The minimum atomic E-state index is 0.324. The molecule has 144 valence electrons. The van der Waals surface area contributed by atoms with Gasteiger partial charge in [0.05, 0.1) is 13.1 Å². The second kappa shape index (κ2) is 6.88. The number of hydrogen-bond donors (Lipinski definition) is 0. The Hall–Kier alpha value is -1.42. The third-order valence-corrected chi connectivity index (χ3v) is 7.51. The molecule has 5 rings (SSSR count). The van der Waals surface area contributed by atoms with Crippen LogP contribution >= 0.6 is 0 Å². The highest BCUT2D eigenvalue weighted by Crippen LogP contribution is 2.57. The summed E-state index contributed by atoms with van der Waals surface area (Å²) in [6.07, 6.45) is 6.83. The van der Waals surface area contributed by atoms with E-state index in [9.17, 15) is 0 Å². The van der Waals surface area contributed by atoms with Crippen molar-refractivity contribution < 1.29 is 4.74 Å². The number of ether oxygens (including phenoxy) is 1. The van der Waals surface area contributed by atoms with Crippen LogP contribution in [0.25, 0.3) is 0 Å². The largest absolute Gasteiger partial charge is 0.486 e. The second-order valence-electron chi connectivity index (χ2n) is 9.58. The Labute approximate surface area is 165 Å². The lowest BCUT2D eigenvalue weighted by Gasteiger charge is -2.43. The summed E-state index contributed by atoms with van der Waals surface area (Å²) in [7, 11) is 3.63. The molecule has 0 N–H and O–H groups in total. The van der Waals surface area contributed by atoms with E-state index in [1.807, 2.05) is 0 Å². The molecule has 2 saturated heterocycles. The summed E-state index contributed by atoms with van der Waals surface area (Å²) in [5.41, 5.74) is 5.93. The molecular weight excluding hydrogens is 331 g/mol. The Bertz CT molecular complexity index is 742. The van der Waals surface area contributed by atoms with Gasteiger partial charge in [-0.2, -0.15) is 0 Å². The molecule has 0 spiro atoms. The summed E-state index contributed by atoms with van der Waals surface area (Å²) in [6.45, 7) is 11.1. The Kier molecular flexibility index (Phi) is 4.50. The van der Waals surface area contributed by atoms with E-state index in [0.29, 0.717) is 6.10 Å². The molecule has 3 fully saturated rings. The summed E-state index contributed by atoms with van der Waals surface area (Å²) >= 11 is 0. The fourth-order valence-electron chi connectivity index (χ4n) is 5.69. The van der Waals surface area contributed by atoms with Gasteiger partial charge < -0.3 is 14.5 Å². The topological polar surface area (TPSA) is 15.7 Å². The summed E-state index contributed by atoms with van der Waals surface area (Å²) in [5.74, 6) is 3.75. The van der Waals surface area contributed by atoms with Gasteiger partial charge in [-0.25, -0.2) is 0 Å². The minimum Gasteiger partial charge on any atom is -0.486 e. The van der Waals surface area contributed by atoms with Gasteiger partial charge in [0.2, 0.25) is 0 Å². The lowest BCUT2D eigenvalue weighted by molar-refractivity contribution is 0.0382. The van der Waals surface area contributed by atoms with Gasteiger partial charge in [-0.15, -0.1) is 0 Å². The normalized spacial score (nSPS) is 30.0. The average molecular weight is 364 g/mol. The minimum absolute atomic E-state index is 0.324. The predicted octanol–water partition coefficient (Wildman–Crippen LogP) is 3.53. The van der Waals surface area contributed by atoms with Gasteiger partial charge in [-0.1, -0.05) is 31.2 Å². The molecular formula is C23H33BN2O. The monoisotopic (exact) mass is 364 g/mol. The van der Waals surface area contributed by atoms with Crippen molar-refractivity contribution in [3.8, 4) is 5.75 Å². The number of fused-ring (bicyclic) bond motifs is 3. The van der Waals surface area contributed by atoms with Crippen LogP contribution in [0.1, 0.15) is 48.3 Å². The fourth-order valence-corrected chi connectivity index (χ4v) is 5.69. The van der Waals surface area contributed by atoms with Crippen LogP contribution in [0.4, 0.5) is 0 Å². The van der Waals surface area contributed by atoms with Gasteiger partial charge in [0, 0.05) is 12.2 Å². The molecule has 1 aromatic carbocycles. The molecule has 0 aromatic heterocycles. The maximum absolute atomic E-state index is 6.39. The zero-order chi connectivity index (χ0) is 18.5. The van der Waals surface area contributed by atoms with Gasteiger partial charge in [0.1, 0.15) is 19.1 Å². The molecule has 0 amide bonds. The Morgan fingerprint density at radius 1 is 1.30 bits per heavy atom. The van der Waals surface area contributed by atoms with E-state index in [0.717, 1.165) is 42.9 Å². The van der Waals surface area contributed by atoms with Gasteiger partial charge in [0.25, 0.3) is 0 Å². The molecule has 0 bridgehead atoms. The predicted molar refractivity (Wildman–Crippen MR) is 113 cm³/mol. The van der Waals surface area contributed by atoms with Gasteiger partial charge in [-0.3, -0.25) is 0 Å². The molecule has 27 heavy (non-hydrogen) atoms. The van der Waals surface area contributed by atoms with E-state index in [-0.39, 0.29) is 0 Å². The van der Waals surface area contributed by atoms with Gasteiger partial charge >= 0.3 is 0 Å². The number of nitrogens with zero attached hydrogens (tertiary/aromatic N) is 2. The van der Waals surface area contributed by atoms with E-state index in [2.05, 4.69) is 42.5 Å². The number of benzene rings is 1. The quantitative estimate of drug-likeness (QED) is 0.744. The van der Waals surface area contributed by atoms with E-state index in [1.165, 1.54) is 57.2 Å². The standard InChI is InChI=1S/C23H33BN2O/c1-15(9-17-5-4-8-25(3)12-17)26-13-18(14-26)27-23-7-6-19-20-10-22(20)24-11-21(19)16(23)2/h6-7,17-18,20,22,24H,1,4-5,8-14H2,2-3H3. The first-order chi connectivity index (χ1) is 13.1. The lowest BCUT2D eigenvalue weighted by atomic mass is 9.61. The van der Waals surface area contributed by atoms with Crippen molar-refractivity contribution in [3.05, 3.63) is 41.1 Å². The molecule has 3 aliphatic heterocycles. The van der Waals surface area contributed by atoms with Crippen molar-refractivity contribution in [1.29, 1.82) is 0 Å². The summed E-state index contributed by atoms with van der Waals surface area (Å²) in [4.78, 5) is 4.90. The van der Waals surface area contributed by atoms with E-state index >= 15 is 0 Å². The maximum atomic E-state index is 6.39. The SMILES string of the molecule is C=C(CC1CCCN(C)C1)N1CC(Oc2ccc3c(c2C)CBC2CC32)C1. The maximum Gasteiger partial charge on any atom is 0.133 e. The van der Waals surface area contributed by atoms with Crippen LogP contribution in [0.3, 0.4) is 0 Å². The molecule has 1 aliphatic carbocycles. The van der Waals surface area contributed by atoms with Crippen molar-refractivity contribution in [2.24, 2.45) is 5.92 Å². The molecule has 3 heterocycles. The molecule has 0 radical (unpaired) electrons. The highest BCUT2D eigenvalue weighted by molar-refractivity contribution is 6.39. The first-order valence-electron chi connectivity index (χ1n) is 11.0. The van der Waals surface area contributed by atoms with Crippen molar-refractivity contribution in [3.63, 3.8) is 0 Å². The van der Waals surface area contributed by atoms with Crippen LogP contribution in [0.15, 0.2) is 24.4 Å². The summed E-state index contributed by atoms with van der Waals surface area (Å²) < 4.78 is 6.39. The van der Waals surface area contributed by atoms with Crippen LogP contribution in [-0.2, 0) is 6.32 Å². The molecule has 4 heteroatoms. The smallest absolute Gasteiger partial charge is 0.133 e. The summed E-state index contributed by atoms with van der Waals surface area (Å²) in [5, 5.41) is 0. The number of piperidine rings is 1. The zero-order valence-corrected chi connectivity index (χ0v) is 17.0. The third kappa shape index (κ3) is 3.42. The first-order valence-corrected chi connectivity index (χ1v) is 11.0. The Morgan fingerprint density at radius 2 is 2.15 bits per heavy atom. The van der Waals surface area contributed by atoms with Crippen molar-refractivity contribution in [1.82, 2.24) is 9.80 Å². The molecule has 3 unspecified atom stereocenters. The molecule has 1 aromatic rings. The molecule has 3 nitrogen and oxygen atoms in total. The van der Waals surface area contributed by atoms with Crippen molar-refractivity contribution in [2.75, 3.05) is 33.2 Å². The number of hydrogen-bond acceptors (Lipinski definition) is 3. The van der Waals surface area contributed by atoms with Crippen LogP contribution in [-0.4, -0.2) is 56.4 Å². The Balaban J connectivity index is 1.15. The highest BCUT2D eigenvalue weighted by Gasteiger charge is 2.43. The van der Waals surface area contributed by atoms with Gasteiger partial charge in [-0.05, 0) is 74.4 Å². The second-order valence-corrected chi connectivity index (χ2v) is 9.58. The van der Waals surface area contributed by atoms with Crippen molar-refractivity contribution >= 4 is 7.28 Å². The van der Waals surface area contributed by atoms with E-state index < -0.39 is 0 Å². The molecule has 3 atom stereocenters. The Morgan fingerprint density at radius 3 is 2.96 bits per heavy atom. The van der Waals surface area contributed by atoms with E-state index in [4.69, 9.17) is 4.74 Å². The molecule has 4 aliphatic rings. The van der Waals surface area contributed by atoms with Crippen LogP contribution in [0, 0.1) is 12.8 Å². The average Bonchev–Trinajstić information content (AvgIpc) is 3.39. The first kappa shape index (κ1) is 17.7. The van der Waals surface area contributed by atoms with Crippen LogP contribution in [0.2, 0.25) is 5.82 Å². The third-order valence-electron chi connectivity index (χ3n) is 7.51. The summed E-state index contributed by atoms with van der Waals surface area (Å²) in [6, 6.07) is 4.60. The van der Waals surface area contributed by atoms with E-state index in [1.54, 1.807) is 11.1 Å². The van der Waals surface area contributed by atoms with Crippen LogP contribution < -0.4 is 4.74 Å².